The molecule has 4 aromatic rings. The molecule has 1 amide bonds. The van der Waals surface area contributed by atoms with Crippen LogP contribution < -0.4 is 5.73 Å². The van der Waals surface area contributed by atoms with Crippen LogP contribution in [0.1, 0.15) is 47.9 Å². The third-order valence-corrected chi connectivity index (χ3v) is 6.54. The van der Waals surface area contributed by atoms with Crippen LogP contribution in [0.2, 0.25) is 0 Å². The van der Waals surface area contributed by atoms with Gasteiger partial charge in [0.2, 0.25) is 5.82 Å². The fourth-order valence-electron chi connectivity index (χ4n) is 5.16. The van der Waals surface area contributed by atoms with E-state index in [1.54, 1.807) is 21.6 Å². The molecule has 0 saturated carbocycles. The van der Waals surface area contributed by atoms with E-state index < -0.39 is 0 Å². The van der Waals surface area contributed by atoms with Crippen molar-refractivity contribution in [1.29, 1.82) is 0 Å². The van der Waals surface area contributed by atoms with Crippen molar-refractivity contribution in [1.82, 2.24) is 44.5 Å². The van der Waals surface area contributed by atoms with Crippen molar-refractivity contribution >= 4 is 17.4 Å². The Morgan fingerprint density at radius 2 is 2.00 bits per heavy atom. The van der Waals surface area contributed by atoms with Crippen molar-refractivity contribution in [3.63, 3.8) is 0 Å². The SMILES string of the molecule is Cn1cc(-c2cnn3c(N)cc(C4C[C@H]5CC[C@@H](C4)N5C(=O)c4nnc[nH]4)nc23)cn1. The molecule has 11 nitrogen and oxygen atoms in total. The van der Waals surface area contributed by atoms with Crippen molar-refractivity contribution in [3.8, 4) is 11.1 Å². The van der Waals surface area contributed by atoms with Gasteiger partial charge in [-0.25, -0.2) is 4.98 Å². The number of aryl methyl sites for hydroxylation is 1. The molecule has 6 rings (SSSR count). The fraction of sp³-hybridized carbons (Fsp3) is 0.400. The lowest BCUT2D eigenvalue weighted by Gasteiger charge is -2.38. The topological polar surface area (TPSA) is 136 Å². The van der Waals surface area contributed by atoms with Crippen LogP contribution >= 0.6 is 0 Å². The first-order valence-corrected chi connectivity index (χ1v) is 10.4. The highest BCUT2D eigenvalue weighted by molar-refractivity contribution is 5.91. The Bertz CT molecular complexity index is 1260. The molecular weight excluding hydrogens is 396 g/mol. The monoisotopic (exact) mass is 418 g/mol. The first kappa shape index (κ1) is 18.0. The van der Waals surface area contributed by atoms with Gasteiger partial charge in [-0.1, -0.05) is 0 Å². The van der Waals surface area contributed by atoms with Crippen molar-refractivity contribution in [2.75, 3.05) is 5.73 Å². The second kappa shape index (κ2) is 6.62. The van der Waals surface area contributed by atoms with E-state index in [0.717, 1.165) is 48.2 Å². The molecule has 3 atom stereocenters. The molecule has 2 fully saturated rings. The quantitative estimate of drug-likeness (QED) is 0.513. The van der Waals surface area contributed by atoms with Crippen molar-refractivity contribution in [3.05, 3.63) is 42.5 Å². The molecule has 0 aromatic carbocycles. The number of fused-ring (bicyclic) bond motifs is 3. The Morgan fingerprint density at radius 3 is 2.68 bits per heavy atom. The lowest BCUT2D eigenvalue weighted by atomic mass is 9.87. The second-order valence-electron chi connectivity index (χ2n) is 8.41. The average Bonchev–Trinajstić information content (AvgIpc) is 3.54. The number of carbonyl (C=O) groups excluding carboxylic acids is 1. The van der Waals surface area contributed by atoms with E-state index in [1.165, 1.54) is 6.33 Å². The van der Waals surface area contributed by atoms with Gasteiger partial charge in [0.15, 0.2) is 5.65 Å². The van der Waals surface area contributed by atoms with Crippen LogP contribution in [0, 0.1) is 0 Å². The molecule has 31 heavy (non-hydrogen) atoms. The summed E-state index contributed by atoms with van der Waals surface area (Å²) in [6.07, 6.45) is 10.7. The van der Waals surface area contributed by atoms with Gasteiger partial charge in [0.05, 0.1) is 12.4 Å². The van der Waals surface area contributed by atoms with Crippen LogP contribution in [0.4, 0.5) is 5.82 Å². The summed E-state index contributed by atoms with van der Waals surface area (Å²) in [7, 11) is 1.88. The Morgan fingerprint density at radius 1 is 1.19 bits per heavy atom. The number of H-pyrrole nitrogens is 1. The second-order valence-corrected chi connectivity index (χ2v) is 8.41. The summed E-state index contributed by atoms with van der Waals surface area (Å²) in [5.74, 6) is 1.03. The van der Waals surface area contributed by atoms with Gasteiger partial charge in [-0.05, 0) is 25.7 Å². The van der Waals surface area contributed by atoms with E-state index in [4.69, 9.17) is 10.7 Å². The number of hydrogen-bond acceptors (Lipinski definition) is 7. The number of piperidine rings is 1. The standard InChI is InChI=1S/C20H22N10O/c1-28-9-12(7-24-28)15-8-25-30-17(21)6-16(26-19(15)30)11-4-13-2-3-14(5-11)29(13)20(31)18-22-10-23-27-18/h6-11,13-14H,2-5,21H2,1H3,(H,22,23,27)/t11?,13-,14+. The molecule has 2 aliphatic heterocycles. The molecule has 6 heterocycles. The Hall–Kier alpha value is -3.76. The maximum Gasteiger partial charge on any atom is 0.292 e. The highest BCUT2D eigenvalue weighted by Crippen LogP contribution is 2.43. The Kier molecular flexibility index (Phi) is 3.86. The molecule has 4 aromatic heterocycles. The van der Waals surface area contributed by atoms with Crippen LogP contribution in [0.15, 0.2) is 31.0 Å². The molecule has 1 unspecified atom stereocenters. The molecule has 0 aliphatic carbocycles. The minimum atomic E-state index is -0.0685. The van der Waals surface area contributed by atoms with Crippen molar-refractivity contribution in [2.45, 2.75) is 43.7 Å². The summed E-state index contributed by atoms with van der Waals surface area (Å²) < 4.78 is 3.42. The van der Waals surface area contributed by atoms with E-state index in [1.807, 2.05) is 24.2 Å². The first-order valence-electron chi connectivity index (χ1n) is 10.4. The van der Waals surface area contributed by atoms with Crippen LogP contribution in [0.25, 0.3) is 16.8 Å². The Balaban J connectivity index is 1.33. The van der Waals surface area contributed by atoms with Gasteiger partial charge in [0.25, 0.3) is 5.91 Å². The van der Waals surface area contributed by atoms with E-state index in [0.29, 0.717) is 11.6 Å². The first-order chi connectivity index (χ1) is 15.1. The van der Waals surface area contributed by atoms with Crippen LogP contribution in [-0.4, -0.2) is 62.5 Å². The van der Waals surface area contributed by atoms with Crippen molar-refractivity contribution in [2.24, 2.45) is 7.05 Å². The van der Waals surface area contributed by atoms with E-state index >= 15 is 0 Å². The van der Waals surface area contributed by atoms with Gasteiger partial charge in [0, 0.05) is 54.1 Å². The molecule has 2 saturated heterocycles. The summed E-state index contributed by atoms with van der Waals surface area (Å²) in [5.41, 5.74) is 9.89. The van der Waals surface area contributed by atoms with Gasteiger partial charge < -0.3 is 15.6 Å². The predicted octanol–water partition coefficient (Wildman–Crippen LogP) is 1.38. The summed E-state index contributed by atoms with van der Waals surface area (Å²) in [6.45, 7) is 0. The number of nitrogen functional groups attached to an aromatic ring is 1. The molecule has 2 aliphatic rings. The van der Waals surface area contributed by atoms with E-state index in [2.05, 4.69) is 25.4 Å². The molecule has 3 N–H and O–H groups in total. The van der Waals surface area contributed by atoms with Gasteiger partial charge in [-0.2, -0.15) is 14.7 Å². The lowest BCUT2D eigenvalue weighted by molar-refractivity contribution is 0.0557. The highest BCUT2D eigenvalue weighted by Gasteiger charge is 2.45. The number of amides is 1. The van der Waals surface area contributed by atoms with Crippen LogP contribution in [0.3, 0.4) is 0 Å². The number of rotatable bonds is 3. The van der Waals surface area contributed by atoms with Crippen LogP contribution in [-0.2, 0) is 7.05 Å². The zero-order chi connectivity index (χ0) is 21.1. The van der Waals surface area contributed by atoms with Gasteiger partial charge in [-0.15, -0.1) is 10.2 Å². The Labute approximate surface area is 177 Å². The largest absolute Gasteiger partial charge is 0.384 e. The van der Waals surface area contributed by atoms with E-state index in [-0.39, 0.29) is 23.9 Å². The summed E-state index contributed by atoms with van der Waals surface area (Å²) in [5, 5.41) is 16.3. The zero-order valence-electron chi connectivity index (χ0n) is 17.0. The smallest absolute Gasteiger partial charge is 0.292 e. The maximum atomic E-state index is 12.9. The number of anilines is 1. The number of hydrogen-bond donors (Lipinski definition) is 2. The number of aromatic nitrogens is 8. The highest BCUT2D eigenvalue weighted by atomic mass is 16.2. The van der Waals surface area contributed by atoms with Crippen LogP contribution in [0.5, 0.6) is 0 Å². The van der Waals surface area contributed by atoms with E-state index in [9.17, 15) is 4.79 Å². The lowest BCUT2D eigenvalue weighted by Crippen LogP contribution is -2.46. The summed E-state index contributed by atoms with van der Waals surface area (Å²) in [4.78, 5) is 22.7. The number of nitrogens with one attached hydrogen (secondary N) is 1. The summed E-state index contributed by atoms with van der Waals surface area (Å²) >= 11 is 0. The minimum Gasteiger partial charge on any atom is -0.384 e. The third kappa shape index (κ3) is 2.80. The molecule has 0 spiro atoms. The molecule has 11 heteroatoms. The van der Waals surface area contributed by atoms with Gasteiger partial charge >= 0.3 is 0 Å². The molecule has 0 radical (unpaired) electrons. The number of nitrogens with zero attached hydrogens (tertiary/aromatic N) is 8. The number of aromatic amines is 1. The maximum absolute atomic E-state index is 12.9. The molecular formula is C20H22N10O. The number of carbonyl (C=O) groups is 1. The predicted molar refractivity (Wildman–Crippen MR) is 111 cm³/mol. The van der Waals surface area contributed by atoms with Gasteiger partial charge in [-0.3, -0.25) is 9.48 Å². The molecule has 2 bridgehead atoms. The minimum absolute atomic E-state index is 0.0685. The molecule has 158 valence electrons. The third-order valence-electron chi connectivity index (χ3n) is 6.54. The van der Waals surface area contributed by atoms with Gasteiger partial charge in [0.1, 0.15) is 12.1 Å². The number of nitrogens with two attached hydrogens (primary N) is 1. The normalized spacial score (nSPS) is 23.0. The van der Waals surface area contributed by atoms with Crippen molar-refractivity contribution < 1.29 is 4.79 Å². The summed E-state index contributed by atoms with van der Waals surface area (Å²) in [6, 6.07) is 2.26. The fourth-order valence-corrected chi connectivity index (χ4v) is 5.16. The zero-order valence-corrected chi connectivity index (χ0v) is 17.0. The average molecular weight is 418 g/mol.